The Morgan fingerprint density at radius 2 is 1.54 bits per heavy atom. The molecule has 2 amide bonds. The van der Waals surface area contributed by atoms with Crippen LogP contribution in [0.2, 0.25) is 0 Å². The average molecular weight is 494 g/mol. The van der Waals surface area contributed by atoms with Gasteiger partial charge in [0.1, 0.15) is 5.75 Å². The Morgan fingerprint density at radius 3 is 2.27 bits per heavy atom. The summed E-state index contributed by atoms with van der Waals surface area (Å²) in [6.07, 6.45) is 2.79. The van der Waals surface area contributed by atoms with Gasteiger partial charge in [-0.2, -0.15) is 0 Å². The van der Waals surface area contributed by atoms with E-state index in [9.17, 15) is 14.7 Å². The van der Waals surface area contributed by atoms with Crippen molar-refractivity contribution in [3.05, 3.63) is 71.8 Å². The SMILES string of the molecule is CC[C@@H]1CN(C(=O)CCCC(=O)N2CCc3c2cc(N)c2ccccc32)c2cc(O)c3ccccc3c21. The molecule has 1 atom stereocenters. The van der Waals surface area contributed by atoms with E-state index >= 15 is 0 Å². The summed E-state index contributed by atoms with van der Waals surface area (Å²) in [4.78, 5) is 30.1. The van der Waals surface area contributed by atoms with Crippen LogP contribution >= 0.6 is 0 Å². The van der Waals surface area contributed by atoms with Gasteiger partial charge >= 0.3 is 0 Å². The van der Waals surface area contributed by atoms with Crippen LogP contribution < -0.4 is 15.5 Å². The van der Waals surface area contributed by atoms with Gasteiger partial charge in [-0.05, 0) is 47.2 Å². The van der Waals surface area contributed by atoms with Crippen molar-refractivity contribution < 1.29 is 14.7 Å². The number of benzene rings is 4. The molecule has 0 unspecified atom stereocenters. The van der Waals surface area contributed by atoms with Crippen LogP contribution in [0.4, 0.5) is 17.1 Å². The summed E-state index contributed by atoms with van der Waals surface area (Å²) in [5.41, 5.74) is 11.0. The highest BCUT2D eigenvalue weighted by Gasteiger charge is 2.34. The van der Waals surface area contributed by atoms with E-state index in [0.29, 0.717) is 31.6 Å². The molecule has 188 valence electrons. The maximum Gasteiger partial charge on any atom is 0.227 e. The number of phenols is 1. The van der Waals surface area contributed by atoms with Gasteiger partial charge in [-0.25, -0.2) is 0 Å². The van der Waals surface area contributed by atoms with Gasteiger partial charge in [0, 0.05) is 60.1 Å². The van der Waals surface area contributed by atoms with Gasteiger partial charge in [-0.1, -0.05) is 55.5 Å². The predicted molar refractivity (Wildman–Crippen MR) is 149 cm³/mol. The maximum atomic E-state index is 13.3. The van der Waals surface area contributed by atoms with Gasteiger partial charge in [0.15, 0.2) is 0 Å². The van der Waals surface area contributed by atoms with Crippen molar-refractivity contribution in [1.82, 2.24) is 0 Å². The summed E-state index contributed by atoms with van der Waals surface area (Å²) in [7, 11) is 0. The molecule has 0 aliphatic carbocycles. The minimum atomic E-state index is -0.00302. The van der Waals surface area contributed by atoms with Crippen LogP contribution in [0.3, 0.4) is 0 Å². The molecular formula is C31H31N3O3. The number of hydrogen-bond acceptors (Lipinski definition) is 4. The highest BCUT2D eigenvalue weighted by Crippen LogP contribution is 2.46. The fourth-order valence-electron chi connectivity index (χ4n) is 6.21. The van der Waals surface area contributed by atoms with Gasteiger partial charge in [-0.3, -0.25) is 9.59 Å². The minimum absolute atomic E-state index is 0.00302. The fraction of sp³-hybridized carbons (Fsp3) is 0.290. The Labute approximate surface area is 216 Å². The van der Waals surface area contributed by atoms with Gasteiger partial charge < -0.3 is 20.6 Å². The van der Waals surface area contributed by atoms with E-state index < -0.39 is 0 Å². The van der Waals surface area contributed by atoms with Crippen LogP contribution in [-0.4, -0.2) is 30.0 Å². The quantitative estimate of drug-likeness (QED) is 0.340. The zero-order valence-corrected chi connectivity index (χ0v) is 21.0. The second-order valence-electron chi connectivity index (χ2n) is 10.1. The number of nitrogen functional groups attached to an aromatic ring is 1. The summed E-state index contributed by atoms with van der Waals surface area (Å²) in [5.74, 6) is 0.445. The summed E-state index contributed by atoms with van der Waals surface area (Å²) in [5, 5.41) is 14.6. The Bertz CT molecular complexity index is 1560. The first-order valence-corrected chi connectivity index (χ1v) is 13.1. The van der Waals surface area contributed by atoms with Crippen LogP contribution in [0.15, 0.2) is 60.7 Å². The Morgan fingerprint density at radius 1 is 0.892 bits per heavy atom. The molecule has 4 aromatic rings. The second-order valence-corrected chi connectivity index (χ2v) is 10.1. The molecule has 4 aromatic carbocycles. The number of carbonyl (C=O) groups excluding carboxylic acids is 2. The number of anilines is 3. The van der Waals surface area contributed by atoms with Gasteiger partial charge in [0.2, 0.25) is 11.8 Å². The fourth-order valence-corrected chi connectivity index (χ4v) is 6.21. The van der Waals surface area contributed by atoms with Crippen LogP contribution in [0.1, 0.15) is 49.7 Å². The van der Waals surface area contributed by atoms with Crippen molar-refractivity contribution in [2.45, 2.75) is 44.9 Å². The molecule has 0 bridgehead atoms. The standard InChI is InChI=1S/C31H31N3O3/c1-2-19-18-34(27-17-28(35)23-10-5-6-11-24(23)31(19)27)30(37)13-7-12-29(36)33-15-14-22-20-8-3-4-9-21(20)25(32)16-26(22)33/h3-6,8-11,16-17,19,35H,2,7,12-15,18,32H2,1H3/t19-/m1/s1. The molecule has 37 heavy (non-hydrogen) atoms. The van der Waals surface area contributed by atoms with Crippen molar-refractivity contribution in [3.63, 3.8) is 0 Å². The van der Waals surface area contributed by atoms with Crippen LogP contribution in [0.5, 0.6) is 5.75 Å². The third kappa shape index (κ3) is 3.79. The predicted octanol–water partition coefficient (Wildman–Crippen LogP) is 5.88. The van der Waals surface area contributed by atoms with Crippen molar-refractivity contribution in [3.8, 4) is 5.75 Å². The highest BCUT2D eigenvalue weighted by atomic mass is 16.3. The highest BCUT2D eigenvalue weighted by molar-refractivity contribution is 6.06. The Balaban J connectivity index is 1.17. The molecule has 0 aromatic heterocycles. The number of hydrogen-bond donors (Lipinski definition) is 2. The number of fused-ring (bicyclic) bond motifs is 6. The molecule has 0 radical (unpaired) electrons. The second kappa shape index (κ2) is 9.11. The molecule has 0 saturated heterocycles. The van der Waals surface area contributed by atoms with Gasteiger partial charge in [0.05, 0.1) is 5.69 Å². The number of phenolic OH excluding ortho intramolecular Hbond substituents is 1. The van der Waals surface area contributed by atoms with Crippen LogP contribution in [-0.2, 0) is 16.0 Å². The van der Waals surface area contributed by atoms with E-state index in [-0.39, 0.29) is 29.9 Å². The molecule has 6 nitrogen and oxygen atoms in total. The first-order chi connectivity index (χ1) is 18.0. The van der Waals surface area contributed by atoms with E-state index in [1.54, 1.807) is 11.0 Å². The normalized spacial score (nSPS) is 16.4. The van der Waals surface area contributed by atoms with Crippen molar-refractivity contribution in [2.24, 2.45) is 0 Å². The number of carbonyl (C=O) groups is 2. The molecule has 0 saturated carbocycles. The van der Waals surface area contributed by atoms with E-state index in [0.717, 1.165) is 51.3 Å². The Kier molecular flexibility index (Phi) is 5.75. The summed E-state index contributed by atoms with van der Waals surface area (Å²) >= 11 is 0. The topological polar surface area (TPSA) is 86.9 Å². The lowest BCUT2D eigenvalue weighted by molar-refractivity contribution is -0.119. The maximum absolute atomic E-state index is 13.3. The summed E-state index contributed by atoms with van der Waals surface area (Å²) in [6.45, 7) is 3.38. The first kappa shape index (κ1) is 23.3. The van der Waals surface area contributed by atoms with E-state index in [1.165, 1.54) is 5.56 Å². The van der Waals surface area contributed by atoms with Crippen molar-refractivity contribution in [2.75, 3.05) is 28.6 Å². The largest absolute Gasteiger partial charge is 0.507 e. The van der Waals surface area contributed by atoms with Gasteiger partial charge in [-0.15, -0.1) is 0 Å². The average Bonchev–Trinajstić information content (AvgIpc) is 3.51. The number of aromatic hydroxyl groups is 1. The molecule has 2 aliphatic rings. The molecule has 0 spiro atoms. The number of rotatable bonds is 5. The minimum Gasteiger partial charge on any atom is -0.507 e. The molecule has 6 heteroatoms. The summed E-state index contributed by atoms with van der Waals surface area (Å²) < 4.78 is 0. The monoisotopic (exact) mass is 493 g/mol. The van der Waals surface area contributed by atoms with E-state index in [4.69, 9.17) is 5.73 Å². The lowest BCUT2D eigenvalue weighted by atomic mass is 9.93. The Hall–Kier alpha value is -4.06. The number of nitrogens with two attached hydrogens (primary N) is 1. The number of nitrogens with zero attached hydrogens (tertiary/aromatic N) is 2. The lowest BCUT2D eigenvalue weighted by Crippen LogP contribution is -2.31. The first-order valence-electron chi connectivity index (χ1n) is 13.1. The summed E-state index contributed by atoms with van der Waals surface area (Å²) in [6, 6.07) is 19.5. The molecule has 2 heterocycles. The smallest absolute Gasteiger partial charge is 0.227 e. The van der Waals surface area contributed by atoms with E-state index in [1.807, 2.05) is 53.4 Å². The van der Waals surface area contributed by atoms with Crippen molar-refractivity contribution in [1.29, 1.82) is 0 Å². The number of amides is 2. The third-order valence-corrected chi connectivity index (χ3v) is 8.06. The zero-order chi connectivity index (χ0) is 25.7. The van der Waals surface area contributed by atoms with Crippen LogP contribution in [0.25, 0.3) is 21.5 Å². The van der Waals surface area contributed by atoms with E-state index in [2.05, 4.69) is 13.0 Å². The molecule has 2 aliphatic heterocycles. The molecule has 0 fully saturated rings. The zero-order valence-electron chi connectivity index (χ0n) is 21.0. The van der Waals surface area contributed by atoms with Gasteiger partial charge in [0.25, 0.3) is 0 Å². The molecule has 6 rings (SSSR count). The van der Waals surface area contributed by atoms with Crippen LogP contribution in [0, 0.1) is 0 Å². The lowest BCUT2D eigenvalue weighted by Gasteiger charge is -2.20. The van der Waals surface area contributed by atoms with Crippen molar-refractivity contribution >= 4 is 50.4 Å². The molecule has 3 N–H and O–H groups in total. The molecular weight excluding hydrogens is 462 g/mol. The third-order valence-electron chi connectivity index (χ3n) is 8.06.